The lowest BCUT2D eigenvalue weighted by Crippen LogP contribution is -1.98. The molecule has 0 saturated heterocycles. The minimum absolute atomic E-state index is 0.277. The molecule has 20 heavy (non-hydrogen) atoms. The molecule has 0 aliphatic heterocycles. The second-order valence-electron chi connectivity index (χ2n) is 4.48. The zero-order chi connectivity index (χ0) is 14.1. The number of rotatable bonds is 2. The van der Waals surface area contributed by atoms with Crippen molar-refractivity contribution in [2.24, 2.45) is 7.05 Å². The summed E-state index contributed by atoms with van der Waals surface area (Å²) in [6, 6.07) is 9.97. The van der Waals surface area contributed by atoms with Crippen molar-refractivity contribution in [2.45, 2.75) is 0 Å². The number of halogens is 1. The summed E-state index contributed by atoms with van der Waals surface area (Å²) in [6.07, 6.45) is 3.44. The largest absolute Gasteiger partial charge is 0.383 e. The van der Waals surface area contributed by atoms with E-state index in [-0.39, 0.29) is 5.82 Å². The standard InChI is InChI=1S/C15H13FN4/c1-20-15(17)13(11-3-2-8-18-9-11)14(19-20)10-4-6-12(16)7-5-10/h2-9H,17H2,1H3. The molecule has 3 aromatic rings. The molecule has 2 heterocycles. The van der Waals surface area contributed by atoms with Crippen LogP contribution in [0.25, 0.3) is 22.4 Å². The predicted octanol–water partition coefficient (Wildman–Crippen LogP) is 2.87. The molecular weight excluding hydrogens is 255 g/mol. The van der Waals surface area contributed by atoms with Crippen LogP contribution in [0.3, 0.4) is 0 Å². The van der Waals surface area contributed by atoms with E-state index in [1.165, 1.54) is 12.1 Å². The molecule has 100 valence electrons. The summed E-state index contributed by atoms with van der Waals surface area (Å²) in [7, 11) is 1.78. The first kappa shape index (κ1) is 12.3. The van der Waals surface area contributed by atoms with E-state index in [2.05, 4.69) is 10.1 Å². The van der Waals surface area contributed by atoms with E-state index >= 15 is 0 Å². The van der Waals surface area contributed by atoms with Gasteiger partial charge >= 0.3 is 0 Å². The molecule has 0 radical (unpaired) electrons. The van der Waals surface area contributed by atoms with Crippen LogP contribution in [0.4, 0.5) is 10.2 Å². The Balaban J connectivity index is 2.22. The number of aromatic nitrogens is 3. The molecule has 0 atom stereocenters. The summed E-state index contributed by atoms with van der Waals surface area (Å²) in [5.41, 5.74) is 9.34. The smallest absolute Gasteiger partial charge is 0.129 e. The molecule has 1 aromatic carbocycles. The van der Waals surface area contributed by atoms with Crippen LogP contribution in [0.2, 0.25) is 0 Å². The number of nitrogens with two attached hydrogens (primary N) is 1. The van der Waals surface area contributed by atoms with E-state index in [0.29, 0.717) is 5.82 Å². The average Bonchev–Trinajstić information content (AvgIpc) is 2.77. The molecule has 5 heteroatoms. The lowest BCUT2D eigenvalue weighted by atomic mass is 10.0. The van der Waals surface area contributed by atoms with Gasteiger partial charge < -0.3 is 5.73 Å². The number of hydrogen-bond donors (Lipinski definition) is 1. The van der Waals surface area contributed by atoms with E-state index in [0.717, 1.165) is 22.4 Å². The van der Waals surface area contributed by atoms with E-state index in [1.54, 1.807) is 36.3 Å². The van der Waals surface area contributed by atoms with Crippen LogP contribution in [0, 0.1) is 5.82 Å². The summed E-state index contributed by atoms with van der Waals surface area (Å²) >= 11 is 0. The van der Waals surface area contributed by atoms with Crippen LogP contribution in [-0.2, 0) is 7.05 Å². The third-order valence-corrected chi connectivity index (χ3v) is 3.16. The minimum atomic E-state index is -0.277. The molecule has 0 fully saturated rings. The molecule has 0 amide bonds. The Bertz CT molecular complexity index is 733. The monoisotopic (exact) mass is 268 g/mol. The van der Waals surface area contributed by atoms with Crippen LogP contribution in [0.5, 0.6) is 0 Å². The lowest BCUT2D eigenvalue weighted by Gasteiger charge is -2.03. The second kappa shape index (κ2) is 4.77. The third-order valence-electron chi connectivity index (χ3n) is 3.16. The van der Waals surface area contributed by atoms with Gasteiger partial charge in [0.2, 0.25) is 0 Å². The number of anilines is 1. The molecule has 0 aliphatic carbocycles. The van der Waals surface area contributed by atoms with Gasteiger partial charge in [0.1, 0.15) is 17.3 Å². The van der Waals surface area contributed by atoms with Crippen LogP contribution < -0.4 is 5.73 Å². The van der Waals surface area contributed by atoms with Gasteiger partial charge in [-0.25, -0.2) is 4.39 Å². The molecule has 3 rings (SSSR count). The number of pyridine rings is 1. The van der Waals surface area contributed by atoms with Crippen LogP contribution in [0.1, 0.15) is 0 Å². The minimum Gasteiger partial charge on any atom is -0.383 e. The molecule has 0 aliphatic rings. The molecule has 2 aromatic heterocycles. The molecule has 0 bridgehead atoms. The van der Waals surface area contributed by atoms with Crippen molar-refractivity contribution in [1.29, 1.82) is 0 Å². The van der Waals surface area contributed by atoms with Gasteiger partial charge in [0.15, 0.2) is 0 Å². The molecule has 4 nitrogen and oxygen atoms in total. The number of benzene rings is 1. The average molecular weight is 268 g/mol. The van der Waals surface area contributed by atoms with E-state index < -0.39 is 0 Å². The van der Waals surface area contributed by atoms with Crippen molar-refractivity contribution >= 4 is 5.82 Å². The Morgan fingerprint density at radius 3 is 2.50 bits per heavy atom. The van der Waals surface area contributed by atoms with Crippen LogP contribution in [-0.4, -0.2) is 14.8 Å². The van der Waals surface area contributed by atoms with Crippen molar-refractivity contribution in [3.05, 3.63) is 54.6 Å². The van der Waals surface area contributed by atoms with Gasteiger partial charge in [-0.1, -0.05) is 6.07 Å². The number of nitrogens with zero attached hydrogens (tertiary/aromatic N) is 3. The van der Waals surface area contributed by atoms with Gasteiger partial charge in [-0.05, 0) is 30.3 Å². The highest BCUT2D eigenvalue weighted by molar-refractivity contribution is 5.87. The van der Waals surface area contributed by atoms with Crippen molar-refractivity contribution < 1.29 is 4.39 Å². The van der Waals surface area contributed by atoms with E-state index in [4.69, 9.17) is 5.73 Å². The van der Waals surface area contributed by atoms with Gasteiger partial charge in [-0.3, -0.25) is 9.67 Å². The maximum atomic E-state index is 13.1. The highest BCUT2D eigenvalue weighted by atomic mass is 19.1. The summed E-state index contributed by atoms with van der Waals surface area (Å²) < 4.78 is 14.7. The van der Waals surface area contributed by atoms with Gasteiger partial charge in [0.25, 0.3) is 0 Å². The van der Waals surface area contributed by atoms with Gasteiger partial charge in [-0.2, -0.15) is 5.10 Å². The normalized spacial score (nSPS) is 10.7. The van der Waals surface area contributed by atoms with Crippen LogP contribution in [0.15, 0.2) is 48.8 Å². The number of nitrogen functional groups attached to an aromatic ring is 1. The fourth-order valence-corrected chi connectivity index (χ4v) is 2.14. The Morgan fingerprint density at radius 2 is 1.85 bits per heavy atom. The molecule has 2 N–H and O–H groups in total. The second-order valence-corrected chi connectivity index (χ2v) is 4.48. The zero-order valence-electron chi connectivity index (χ0n) is 10.9. The maximum absolute atomic E-state index is 13.1. The summed E-state index contributed by atoms with van der Waals surface area (Å²) in [6.45, 7) is 0. The van der Waals surface area contributed by atoms with Crippen molar-refractivity contribution in [3.63, 3.8) is 0 Å². The van der Waals surface area contributed by atoms with E-state index in [9.17, 15) is 4.39 Å². The molecular formula is C15H13FN4. The maximum Gasteiger partial charge on any atom is 0.129 e. The van der Waals surface area contributed by atoms with Gasteiger partial charge in [-0.15, -0.1) is 0 Å². The zero-order valence-corrected chi connectivity index (χ0v) is 10.9. The van der Waals surface area contributed by atoms with Crippen molar-refractivity contribution in [3.8, 4) is 22.4 Å². The quantitative estimate of drug-likeness (QED) is 0.777. The Kier molecular flexibility index (Phi) is 2.95. The SMILES string of the molecule is Cn1nc(-c2ccc(F)cc2)c(-c2cccnc2)c1N. The molecule has 0 unspecified atom stereocenters. The summed E-state index contributed by atoms with van der Waals surface area (Å²) in [4.78, 5) is 4.11. The lowest BCUT2D eigenvalue weighted by molar-refractivity contribution is 0.628. The first-order valence-electron chi connectivity index (χ1n) is 6.15. The van der Waals surface area contributed by atoms with Gasteiger partial charge in [0, 0.05) is 30.6 Å². The topological polar surface area (TPSA) is 56.7 Å². The van der Waals surface area contributed by atoms with Crippen molar-refractivity contribution in [2.75, 3.05) is 5.73 Å². The highest BCUT2D eigenvalue weighted by Gasteiger charge is 2.17. The fourth-order valence-electron chi connectivity index (χ4n) is 2.14. The highest BCUT2D eigenvalue weighted by Crippen LogP contribution is 2.35. The number of aryl methyl sites for hydroxylation is 1. The number of hydrogen-bond acceptors (Lipinski definition) is 3. The Labute approximate surface area is 115 Å². The summed E-state index contributed by atoms with van der Waals surface area (Å²) in [5.74, 6) is 0.276. The van der Waals surface area contributed by atoms with Crippen LogP contribution >= 0.6 is 0 Å². The Hall–Kier alpha value is -2.69. The summed E-state index contributed by atoms with van der Waals surface area (Å²) in [5, 5.41) is 4.43. The third kappa shape index (κ3) is 2.03. The van der Waals surface area contributed by atoms with Crippen molar-refractivity contribution in [1.82, 2.24) is 14.8 Å². The predicted molar refractivity (Wildman–Crippen MR) is 76.2 cm³/mol. The molecule has 0 spiro atoms. The first-order chi connectivity index (χ1) is 9.66. The van der Waals surface area contributed by atoms with E-state index in [1.807, 2.05) is 12.1 Å². The Morgan fingerprint density at radius 1 is 1.10 bits per heavy atom. The first-order valence-corrected chi connectivity index (χ1v) is 6.15. The fraction of sp³-hybridized carbons (Fsp3) is 0.0667. The van der Waals surface area contributed by atoms with Gasteiger partial charge in [0.05, 0.1) is 5.56 Å². The molecule has 0 saturated carbocycles.